The van der Waals surface area contributed by atoms with Crippen molar-refractivity contribution < 1.29 is 18.7 Å². The van der Waals surface area contributed by atoms with Crippen molar-refractivity contribution in [3.8, 4) is 5.75 Å². The van der Waals surface area contributed by atoms with E-state index in [1.807, 2.05) is 25.9 Å². The number of nitrogens with zero attached hydrogens (tertiary/aromatic N) is 3. The Labute approximate surface area is 196 Å². The molecular formula is C23H28FN5O3S. The van der Waals surface area contributed by atoms with Gasteiger partial charge < -0.3 is 25.0 Å². The van der Waals surface area contributed by atoms with Crippen LogP contribution in [0.1, 0.15) is 28.1 Å². The molecule has 1 aliphatic heterocycles. The van der Waals surface area contributed by atoms with Crippen molar-refractivity contribution in [2.45, 2.75) is 25.9 Å². The highest BCUT2D eigenvalue weighted by atomic mass is 32.1. The van der Waals surface area contributed by atoms with Gasteiger partial charge in [-0.15, -0.1) is 11.3 Å². The topological polar surface area (TPSA) is 88.6 Å². The first-order chi connectivity index (χ1) is 15.9. The largest absolute Gasteiger partial charge is 0.488 e. The molecule has 1 saturated heterocycles. The zero-order chi connectivity index (χ0) is 23.4. The molecule has 8 nitrogen and oxygen atoms in total. The van der Waals surface area contributed by atoms with Gasteiger partial charge in [-0.05, 0) is 38.7 Å². The van der Waals surface area contributed by atoms with E-state index in [9.17, 15) is 9.18 Å². The van der Waals surface area contributed by atoms with E-state index in [4.69, 9.17) is 9.47 Å². The number of ether oxygens (including phenoxy) is 2. The molecule has 1 aliphatic rings. The molecule has 0 saturated carbocycles. The highest BCUT2D eigenvalue weighted by molar-refractivity contribution is 7.20. The van der Waals surface area contributed by atoms with E-state index in [0.29, 0.717) is 46.7 Å². The molecular weight excluding hydrogens is 445 g/mol. The lowest BCUT2D eigenvalue weighted by Crippen LogP contribution is -2.31. The fourth-order valence-corrected chi connectivity index (χ4v) is 4.72. The second-order valence-corrected chi connectivity index (χ2v) is 9.21. The number of aromatic nitrogens is 2. The molecule has 3 aromatic rings. The fraction of sp³-hybridized carbons (Fsp3) is 0.435. The van der Waals surface area contributed by atoms with Crippen LogP contribution in [0.5, 0.6) is 5.75 Å². The van der Waals surface area contributed by atoms with Gasteiger partial charge in [0.15, 0.2) is 0 Å². The summed E-state index contributed by atoms with van der Waals surface area (Å²) in [6, 6.07) is 4.39. The number of rotatable bonds is 8. The third-order valence-electron chi connectivity index (χ3n) is 5.44. The van der Waals surface area contributed by atoms with Gasteiger partial charge in [-0.25, -0.2) is 14.4 Å². The second kappa shape index (κ2) is 10.4. The van der Waals surface area contributed by atoms with E-state index in [0.717, 1.165) is 30.3 Å². The van der Waals surface area contributed by atoms with Gasteiger partial charge in [0.2, 0.25) is 0 Å². The van der Waals surface area contributed by atoms with Crippen LogP contribution >= 0.6 is 11.3 Å². The summed E-state index contributed by atoms with van der Waals surface area (Å²) in [5.41, 5.74) is 1.40. The molecule has 0 spiro atoms. The number of carbonyl (C=O) groups is 1. The maximum atomic E-state index is 14.0. The van der Waals surface area contributed by atoms with E-state index in [2.05, 4.69) is 20.6 Å². The molecule has 1 fully saturated rings. The molecule has 0 atom stereocenters. The third-order valence-corrected chi connectivity index (χ3v) is 6.63. The number of hydrogen-bond acceptors (Lipinski definition) is 8. The lowest BCUT2D eigenvalue weighted by atomic mass is 10.1. The molecule has 2 N–H and O–H groups in total. The first kappa shape index (κ1) is 23.3. The number of amides is 1. The summed E-state index contributed by atoms with van der Waals surface area (Å²) >= 11 is 1.33. The van der Waals surface area contributed by atoms with Gasteiger partial charge in [-0.2, -0.15) is 0 Å². The quantitative estimate of drug-likeness (QED) is 0.515. The second-order valence-electron chi connectivity index (χ2n) is 8.21. The van der Waals surface area contributed by atoms with E-state index in [1.165, 1.54) is 29.8 Å². The van der Waals surface area contributed by atoms with E-state index in [-0.39, 0.29) is 17.8 Å². The van der Waals surface area contributed by atoms with Crippen LogP contribution in [-0.4, -0.2) is 67.3 Å². The van der Waals surface area contributed by atoms with Gasteiger partial charge in [0.1, 0.15) is 34.6 Å². The predicted molar refractivity (Wildman–Crippen MR) is 127 cm³/mol. The monoisotopic (exact) mass is 473 g/mol. The van der Waals surface area contributed by atoms with Crippen LogP contribution in [0.15, 0.2) is 24.5 Å². The van der Waals surface area contributed by atoms with Crippen LogP contribution in [-0.2, 0) is 4.74 Å². The fourth-order valence-electron chi connectivity index (χ4n) is 3.65. The number of nitrogens with one attached hydrogen (secondary N) is 2. The molecule has 10 heteroatoms. The Balaban J connectivity index is 1.60. The Hall–Kier alpha value is -2.82. The molecule has 4 rings (SSSR count). The molecule has 0 unspecified atom stereocenters. The minimum absolute atomic E-state index is 0.0353. The van der Waals surface area contributed by atoms with Crippen molar-refractivity contribution >= 4 is 39.0 Å². The Morgan fingerprint density at radius 3 is 2.85 bits per heavy atom. The standard InChI is InChI=1S/C23H28FN5O3S/c1-14-19-21(26-13-27-23(19)33-20(14)22(30)25-8-9-29(2)3)28-17-5-4-15(24)12-18(17)32-16-6-10-31-11-7-16/h4-5,12-13,16H,6-11H2,1-3H3,(H,25,30)(H,26,27,28). The van der Waals surface area contributed by atoms with Crippen LogP contribution in [0.2, 0.25) is 0 Å². The maximum absolute atomic E-state index is 14.0. The summed E-state index contributed by atoms with van der Waals surface area (Å²) < 4.78 is 25.5. The molecule has 176 valence electrons. The zero-order valence-electron chi connectivity index (χ0n) is 19.0. The van der Waals surface area contributed by atoms with Gasteiger partial charge >= 0.3 is 0 Å². The molecule has 3 heterocycles. The molecule has 0 radical (unpaired) electrons. The highest BCUT2D eigenvalue weighted by Gasteiger charge is 2.21. The number of hydrogen-bond donors (Lipinski definition) is 2. The van der Waals surface area contributed by atoms with E-state index in [1.54, 1.807) is 6.07 Å². The van der Waals surface area contributed by atoms with E-state index < -0.39 is 0 Å². The maximum Gasteiger partial charge on any atom is 0.261 e. The molecule has 1 aromatic carbocycles. The Kier molecular flexibility index (Phi) is 7.36. The van der Waals surface area contributed by atoms with Crippen molar-refractivity contribution in [1.29, 1.82) is 0 Å². The SMILES string of the molecule is Cc1c(C(=O)NCCN(C)C)sc2ncnc(Nc3ccc(F)cc3OC3CCOCC3)c12. The van der Waals surface area contributed by atoms with Crippen LogP contribution in [0.4, 0.5) is 15.9 Å². The molecule has 2 aromatic heterocycles. The summed E-state index contributed by atoms with van der Waals surface area (Å²) in [6.07, 6.45) is 2.93. The first-order valence-electron chi connectivity index (χ1n) is 10.9. The van der Waals surface area contributed by atoms with Crippen LogP contribution < -0.4 is 15.4 Å². The molecule has 33 heavy (non-hydrogen) atoms. The number of aryl methyl sites for hydroxylation is 1. The van der Waals surface area contributed by atoms with Crippen LogP contribution in [0.25, 0.3) is 10.2 Å². The first-order valence-corrected chi connectivity index (χ1v) is 11.7. The number of anilines is 2. The molecule has 0 bridgehead atoms. The number of likely N-dealkylation sites (N-methyl/N-ethyl adjacent to an activating group) is 1. The summed E-state index contributed by atoms with van der Waals surface area (Å²) in [5, 5.41) is 6.99. The van der Waals surface area contributed by atoms with Gasteiger partial charge in [-0.3, -0.25) is 4.79 Å². The minimum Gasteiger partial charge on any atom is -0.488 e. The van der Waals surface area contributed by atoms with Gasteiger partial charge in [0.25, 0.3) is 5.91 Å². The lowest BCUT2D eigenvalue weighted by Gasteiger charge is -2.24. The van der Waals surface area contributed by atoms with Crippen molar-refractivity contribution in [2.75, 3.05) is 45.7 Å². The number of carbonyl (C=O) groups excluding carboxylic acids is 1. The van der Waals surface area contributed by atoms with Crippen molar-refractivity contribution in [2.24, 2.45) is 0 Å². The number of halogens is 1. The number of benzene rings is 1. The lowest BCUT2D eigenvalue weighted by molar-refractivity contribution is 0.0257. The number of fused-ring (bicyclic) bond motifs is 1. The van der Waals surface area contributed by atoms with Crippen molar-refractivity contribution in [1.82, 2.24) is 20.2 Å². The average molecular weight is 474 g/mol. The molecule has 0 aliphatic carbocycles. The summed E-state index contributed by atoms with van der Waals surface area (Å²) in [4.78, 5) is 24.8. The predicted octanol–water partition coefficient (Wildman–Crippen LogP) is 3.73. The normalized spacial score (nSPS) is 14.6. The third kappa shape index (κ3) is 5.58. The molecule has 1 amide bonds. The van der Waals surface area contributed by atoms with Crippen molar-refractivity contribution in [3.05, 3.63) is 40.8 Å². The van der Waals surface area contributed by atoms with Crippen molar-refractivity contribution in [3.63, 3.8) is 0 Å². The average Bonchev–Trinajstić information content (AvgIpc) is 3.13. The van der Waals surface area contributed by atoms with Gasteiger partial charge in [0.05, 0.1) is 29.2 Å². The Bertz CT molecular complexity index is 1130. The Morgan fingerprint density at radius 1 is 1.30 bits per heavy atom. The Morgan fingerprint density at radius 2 is 2.09 bits per heavy atom. The summed E-state index contributed by atoms with van der Waals surface area (Å²) in [7, 11) is 3.92. The number of thiophene rings is 1. The smallest absolute Gasteiger partial charge is 0.261 e. The van der Waals surface area contributed by atoms with Crippen LogP contribution in [0, 0.1) is 12.7 Å². The summed E-state index contributed by atoms with van der Waals surface area (Å²) in [5.74, 6) is 0.459. The minimum atomic E-state index is -0.376. The summed E-state index contributed by atoms with van der Waals surface area (Å²) in [6.45, 7) is 4.45. The van der Waals surface area contributed by atoms with Gasteiger partial charge in [-0.1, -0.05) is 0 Å². The van der Waals surface area contributed by atoms with Gasteiger partial charge in [0, 0.05) is 32.0 Å². The highest BCUT2D eigenvalue weighted by Crippen LogP contribution is 2.37. The van der Waals surface area contributed by atoms with Crippen LogP contribution in [0.3, 0.4) is 0 Å². The van der Waals surface area contributed by atoms with E-state index >= 15 is 0 Å². The zero-order valence-corrected chi connectivity index (χ0v) is 19.8.